The molecule has 60 heavy (non-hydrogen) atoms. The predicted molar refractivity (Wildman–Crippen MR) is 236 cm³/mol. The number of ether oxygens (including phenoxy) is 3. The maximum absolute atomic E-state index is 13.7. The molecule has 14 atom stereocenters. The summed E-state index contributed by atoms with van der Waals surface area (Å²) in [6.45, 7) is 16.3. The number of cyclic esters (lactones) is 1. The Balaban J connectivity index is 1.91. The van der Waals surface area contributed by atoms with Gasteiger partial charge in [0.15, 0.2) is 11.4 Å². The maximum atomic E-state index is 13.7. The van der Waals surface area contributed by atoms with Gasteiger partial charge in [-0.2, -0.15) is 5.26 Å². The van der Waals surface area contributed by atoms with Crippen LogP contribution >= 0.6 is 12.2 Å². The van der Waals surface area contributed by atoms with E-state index in [-0.39, 0.29) is 30.9 Å². The zero-order chi connectivity index (χ0) is 44.9. The fourth-order valence-electron chi connectivity index (χ4n) is 9.11. The minimum absolute atomic E-state index is 0.182. The first-order valence-corrected chi connectivity index (χ1v) is 22.4. The van der Waals surface area contributed by atoms with Crippen LogP contribution in [0.15, 0.2) is 30.3 Å². The molecule has 2 fully saturated rings. The van der Waals surface area contributed by atoms with Gasteiger partial charge in [0.05, 0.1) is 42.3 Å². The Morgan fingerprint density at radius 3 is 2.33 bits per heavy atom. The van der Waals surface area contributed by atoms with Crippen LogP contribution in [0, 0.1) is 29.1 Å². The number of esters is 1. The highest BCUT2D eigenvalue weighted by Gasteiger charge is 2.50. The number of likely N-dealkylation sites (N-methyl/N-ethyl adjacent to an activating group) is 1. The zero-order valence-corrected chi connectivity index (χ0v) is 38.7. The molecule has 0 bridgehead atoms. The molecule has 6 N–H and O–H groups in total. The molecule has 2 aliphatic heterocycles. The molecule has 2 heterocycles. The van der Waals surface area contributed by atoms with Crippen molar-refractivity contribution in [1.29, 1.82) is 5.26 Å². The lowest BCUT2D eigenvalue weighted by molar-refractivity contribution is -0.299. The number of aliphatic hydroxyl groups is 5. The molecule has 342 valence electrons. The van der Waals surface area contributed by atoms with Crippen LogP contribution in [0.4, 0.5) is 0 Å². The first-order valence-electron chi connectivity index (χ1n) is 22.0. The number of nitrogens with zero attached hydrogens (tertiary/aromatic N) is 4. The van der Waals surface area contributed by atoms with Gasteiger partial charge in [-0.15, -0.1) is 0 Å². The van der Waals surface area contributed by atoms with E-state index in [4.69, 9.17) is 26.4 Å². The van der Waals surface area contributed by atoms with Crippen molar-refractivity contribution in [1.82, 2.24) is 20.0 Å². The van der Waals surface area contributed by atoms with Crippen molar-refractivity contribution in [3.05, 3.63) is 35.9 Å². The number of hydrogen-bond acceptors (Lipinski definition) is 13. The van der Waals surface area contributed by atoms with Crippen LogP contribution in [0.1, 0.15) is 99.5 Å². The Hall–Kier alpha value is -2.49. The van der Waals surface area contributed by atoms with E-state index in [1.54, 1.807) is 20.8 Å². The van der Waals surface area contributed by atoms with Crippen molar-refractivity contribution in [2.24, 2.45) is 17.8 Å². The largest absolute Gasteiger partial charge is 0.459 e. The second-order valence-corrected chi connectivity index (χ2v) is 18.6. The van der Waals surface area contributed by atoms with Crippen LogP contribution in [0.3, 0.4) is 0 Å². The summed E-state index contributed by atoms with van der Waals surface area (Å²) in [6.07, 6.45) is -3.70. The lowest BCUT2D eigenvalue weighted by atomic mass is 9.78. The van der Waals surface area contributed by atoms with Crippen LogP contribution < -0.4 is 5.32 Å². The van der Waals surface area contributed by atoms with Crippen molar-refractivity contribution in [2.45, 2.75) is 167 Å². The summed E-state index contributed by atoms with van der Waals surface area (Å²) in [5.74, 6) is -2.93. The van der Waals surface area contributed by atoms with Crippen molar-refractivity contribution < 1.29 is 44.5 Å². The number of aryl methyl sites for hydroxylation is 1. The van der Waals surface area contributed by atoms with Crippen LogP contribution in [0.2, 0.25) is 0 Å². The maximum Gasteiger partial charge on any atom is 0.311 e. The Bertz CT molecular complexity index is 1500. The van der Waals surface area contributed by atoms with Gasteiger partial charge in [-0.3, -0.25) is 9.69 Å². The van der Waals surface area contributed by atoms with Gasteiger partial charge < -0.3 is 54.9 Å². The third kappa shape index (κ3) is 14.3. The lowest BCUT2D eigenvalue weighted by Gasteiger charge is -2.46. The second kappa shape index (κ2) is 23.8. The quantitative estimate of drug-likeness (QED) is 0.0906. The molecule has 0 amide bonds. The molecule has 0 aromatic heterocycles. The highest BCUT2D eigenvalue weighted by molar-refractivity contribution is 7.80. The fourth-order valence-corrected chi connectivity index (χ4v) is 9.39. The summed E-state index contributed by atoms with van der Waals surface area (Å²) in [5.41, 5.74) is -2.21. The number of thiocarbonyl (C=S) groups is 1. The number of benzene rings is 1. The van der Waals surface area contributed by atoms with Crippen molar-refractivity contribution >= 4 is 23.3 Å². The summed E-state index contributed by atoms with van der Waals surface area (Å²) in [4.78, 5) is 19.7. The molecular weight excluding hydrogens is 787 g/mol. The van der Waals surface area contributed by atoms with Gasteiger partial charge in [0.1, 0.15) is 23.9 Å². The molecule has 14 nitrogen and oxygen atoms in total. The van der Waals surface area contributed by atoms with E-state index in [0.29, 0.717) is 57.1 Å². The molecule has 3 rings (SSSR count). The number of aliphatic hydroxyl groups excluding tert-OH is 3. The van der Waals surface area contributed by atoms with Crippen LogP contribution in [0.5, 0.6) is 0 Å². The third-order valence-corrected chi connectivity index (χ3v) is 13.1. The fraction of sp³-hybridized carbons (Fsp3) is 0.800. The second-order valence-electron chi connectivity index (χ2n) is 18.2. The van der Waals surface area contributed by atoms with Gasteiger partial charge in [0, 0.05) is 50.7 Å². The summed E-state index contributed by atoms with van der Waals surface area (Å²) in [5, 5.41) is 72.8. The Morgan fingerprint density at radius 1 is 1.05 bits per heavy atom. The molecule has 1 aromatic rings. The predicted octanol–water partition coefficient (Wildman–Crippen LogP) is 3.46. The van der Waals surface area contributed by atoms with Gasteiger partial charge in [0.25, 0.3) is 0 Å². The SMILES string of the molecule is CC[C@H]1OC(=O)[C@H](C)[C@@H](O)[C@H](C)[C@@H](O[C@@H]2O[C@H](C)C[C@H](N(C)C)[C@H]2O)[C@](C)(O)C[C@@H](C)CN(CCCN(CCC#N)C(=S)NCCCc2ccccc2)[C@H](C)[C@@H](O)[C@]1(C)O. The van der Waals surface area contributed by atoms with Gasteiger partial charge in [-0.05, 0) is 111 Å². The Labute approximate surface area is 365 Å². The smallest absolute Gasteiger partial charge is 0.311 e. The van der Waals surface area contributed by atoms with Gasteiger partial charge >= 0.3 is 5.97 Å². The summed E-state index contributed by atoms with van der Waals surface area (Å²) >= 11 is 5.80. The number of carbonyl (C=O) groups excluding carboxylic acids is 1. The average Bonchev–Trinajstić information content (AvgIpc) is 3.20. The summed E-state index contributed by atoms with van der Waals surface area (Å²) in [6, 6.07) is 11.6. The molecule has 0 unspecified atom stereocenters. The van der Waals surface area contributed by atoms with E-state index in [9.17, 15) is 35.6 Å². The highest BCUT2D eigenvalue weighted by atomic mass is 32.1. The molecule has 0 spiro atoms. The van der Waals surface area contributed by atoms with Crippen LogP contribution in [-0.2, 0) is 25.4 Å². The number of nitriles is 1. The molecule has 2 saturated heterocycles. The molecule has 0 radical (unpaired) electrons. The zero-order valence-electron chi connectivity index (χ0n) is 37.9. The first-order chi connectivity index (χ1) is 28.2. The minimum Gasteiger partial charge on any atom is -0.459 e. The molecule has 1 aromatic carbocycles. The Kier molecular flexibility index (Phi) is 20.6. The van der Waals surface area contributed by atoms with E-state index in [0.717, 1.165) is 12.8 Å². The highest BCUT2D eigenvalue weighted by Crippen LogP contribution is 2.37. The first kappa shape index (κ1) is 51.9. The molecule has 0 saturated carbocycles. The summed E-state index contributed by atoms with van der Waals surface area (Å²) in [7, 11) is 3.75. The van der Waals surface area contributed by atoms with Gasteiger partial charge in [0.2, 0.25) is 0 Å². The van der Waals surface area contributed by atoms with Crippen molar-refractivity contribution in [3.63, 3.8) is 0 Å². The van der Waals surface area contributed by atoms with E-state index in [2.05, 4.69) is 28.4 Å². The molecule has 15 heteroatoms. The van der Waals surface area contributed by atoms with E-state index >= 15 is 0 Å². The van der Waals surface area contributed by atoms with Gasteiger partial charge in [-0.1, -0.05) is 51.1 Å². The number of carbonyl (C=O) groups is 1. The number of rotatable bonds is 14. The normalized spacial score (nSPS) is 36.4. The van der Waals surface area contributed by atoms with Crippen molar-refractivity contribution in [2.75, 3.05) is 46.8 Å². The van der Waals surface area contributed by atoms with E-state index in [1.165, 1.54) is 19.4 Å². The Morgan fingerprint density at radius 2 is 1.72 bits per heavy atom. The van der Waals surface area contributed by atoms with E-state index < -0.39 is 71.9 Å². The van der Waals surface area contributed by atoms with E-state index in [1.807, 2.05) is 62.9 Å². The molecular formula is C45H77N5O9S. The minimum atomic E-state index is -1.86. The summed E-state index contributed by atoms with van der Waals surface area (Å²) < 4.78 is 18.6. The third-order valence-electron chi connectivity index (χ3n) is 12.7. The van der Waals surface area contributed by atoms with Gasteiger partial charge in [-0.25, -0.2) is 0 Å². The lowest BCUT2D eigenvalue weighted by Crippen LogP contribution is -2.59. The number of nitrogens with one attached hydrogen (secondary N) is 1. The average molecular weight is 864 g/mol. The standard InChI is InChI=1S/C45H77N5O9S/c1-11-36-45(8,56)39(53)33(6)50(25-17-24-49(23-16-21-46)43(60)47-22-15-20-34-18-13-12-14-19-34)28-29(2)27-44(7,55)40(31(4)37(51)32(5)41(54)58-36)59-42-38(52)35(48(9)10)26-30(3)57-42/h12-14,18-19,29-33,35-40,42,51-53,55-56H,11,15-17,20,22-28H2,1-10H3,(H,47,60)/t29-,30-,31+,32-,33-,35+,36-,37+,38-,39-,40-,42+,44-,45-/m1/s1. The van der Waals surface area contributed by atoms with Crippen molar-refractivity contribution in [3.8, 4) is 6.07 Å². The molecule has 0 aliphatic carbocycles. The molecule has 2 aliphatic rings. The van der Waals surface area contributed by atoms with Crippen LogP contribution in [-0.4, -0.2) is 164 Å². The monoisotopic (exact) mass is 864 g/mol. The number of hydrogen-bond donors (Lipinski definition) is 6. The topological polar surface area (TPSA) is 191 Å². The van der Waals surface area contributed by atoms with Crippen LogP contribution in [0.25, 0.3) is 0 Å².